The summed E-state index contributed by atoms with van der Waals surface area (Å²) in [6.45, 7) is 2.88. The van der Waals surface area contributed by atoms with Gasteiger partial charge in [-0.15, -0.1) is 0 Å². The average molecular weight is 210 g/mol. The lowest BCUT2D eigenvalue weighted by Crippen LogP contribution is -2.31. The number of pyridine rings is 1. The van der Waals surface area contributed by atoms with Gasteiger partial charge in [0.1, 0.15) is 0 Å². The maximum absolute atomic E-state index is 9.25. The van der Waals surface area contributed by atoms with E-state index < -0.39 is 6.10 Å². The number of hydrogen-bond acceptors (Lipinski definition) is 4. The fraction of sp³-hybridized carbons (Fsp3) is 0.545. The third kappa shape index (κ3) is 4.38. The van der Waals surface area contributed by atoms with Gasteiger partial charge in [-0.1, -0.05) is 6.07 Å². The summed E-state index contributed by atoms with van der Waals surface area (Å²) in [5.74, 6) is 0. The highest BCUT2D eigenvalue weighted by Crippen LogP contribution is 2.02. The van der Waals surface area contributed by atoms with Gasteiger partial charge in [0.25, 0.3) is 0 Å². The fourth-order valence-electron chi connectivity index (χ4n) is 1.45. The Labute approximate surface area is 90.2 Å². The van der Waals surface area contributed by atoms with Crippen LogP contribution in [0.3, 0.4) is 0 Å². The summed E-state index contributed by atoms with van der Waals surface area (Å²) in [7, 11) is 1.89. The maximum Gasteiger partial charge on any atom is 0.0897 e. The molecule has 1 rings (SSSR count). The van der Waals surface area contributed by atoms with E-state index in [2.05, 4.69) is 4.98 Å². The molecule has 0 spiro atoms. The number of hydrogen-bond donors (Lipinski definition) is 2. The molecule has 0 bridgehead atoms. The zero-order chi connectivity index (χ0) is 11.3. The Hall–Kier alpha value is -0.970. The lowest BCUT2D eigenvalue weighted by Gasteiger charge is -2.18. The number of rotatable bonds is 5. The molecule has 1 unspecified atom stereocenters. The molecule has 1 heterocycles. The van der Waals surface area contributed by atoms with E-state index in [0.717, 1.165) is 11.4 Å². The van der Waals surface area contributed by atoms with E-state index in [0.29, 0.717) is 13.1 Å². The van der Waals surface area contributed by atoms with Crippen LogP contribution in [0.2, 0.25) is 0 Å². The molecular weight excluding hydrogens is 192 g/mol. The monoisotopic (exact) mass is 210 g/mol. The summed E-state index contributed by atoms with van der Waals surface area (Å²) in [6, 6.07) is 5.87. The molecule has 1 aromatic heterocycles. The van der Waals surface area contributed by atoms with Crippen LogP contribution in [-0.2, 0) is 6.54 Å². The lowest BCUT2D eigenvalue weighted by molar-refractivity contribution is 0.0645. The van der Waals surface area contributed by atoms with Crippen LogP contribution in [0.5, 0.6) is 0 Å². The van der Waals surface area contributed by atoms with Crippen LogP contribution >= 0.6 is 0 Å². The first-order valence-corrected chi connectivity index (χ1v) is 5.02. The van der Waals surface area contributed by atoms with Crippen molar-refractivity contribution in [3.8, 4) is 0 Å². The SMILES string of the molecule is Cc1cccc(CN(C)CC(O)CO)n1. The van der Waals surface area contributed by atoms with Gasteiger partial charge in [-0.2, -0.15) is 0 Å². The molecule has 0 aliphatic rings. The molecule has 84 valence electrons. The van der Waals surface area contributed by atoms with Crippen LogP contribution in [0.4, 0.5) is 0 Å². The molecular formula is C11H18N2O2. The fourth-order valence-corrected chi connectivity index (χ4v) is 1.45. The van der Waals surface area contributed by atoms with Gasteiger partial charge < -0.3 is 10.2 Å². The Bertz CT molecular complexity index is 304. The van der Waals surface area contributed by atoms with E-state index in [1.165, 1.54) is 0 Å². The molecule has 0 aliphatic heterocycles. The second-order valence-corrected chi connectivity index (χ2v) is 3.80. The van der Waals surface area contributed by atoms with Gasteiger partial charge >= 0.3 is 0 Å². The topological polar surface area (TPSA) is 56.6 Å². The quantitative estimate of drug-likeness (QED) is 0.727. The van der Waals surface area contributed by atoms with E-state index in [4.69, 9.17) is 5.11 Å². The molecule has 0 saturated heterocycles. The summed E-state index contributed by atoms with van der Waals surface area (Å²) >= 11 is 0. The normalized spacial score (nSPS) is 13.1. The number of nitrogens with zero attached hydrogens (tertiary/aromatic N) is 2. The van der Waals surface area contributed by atoms with Crippen LogP contribution < -0.4 is 0 Å². The Morgan fingerprint density at radius 2 is 2.20 bits per heavy atom. The van der Waals surface area contributed by atoms with Gasteiger partial charge in [0, 0.05) is 18.8 Å². The number of aryl methyl sites for hydroxylation is 1. The van der Waals surface area contributed by atoms with Crippen LogP contribution in [-0.4, -0.2) is 46.4 Å². The summed E-state index contributed by atoms with van der Waals surface area (Å²) in [5, 5.41) is 18.0. The first-order valence-electron chi connectivity index (χ1n) is 5.02. The smallest absolute Gasteiger partial charge is 0.0897 e. The molecule has 0 fully saturated rings. The Morgan fingerprint density at radius 3 is 2.80 bits per heavy atom. The second kappa shape index (κ2) is 5.80. The van der Waals surface area contributed by atoms with Crippen molar-refractivity contribution in [2.45, 2.75) is 19.6 Å². The van der Waals surface area contributed by atoms with Crippen molar-refractivity contribution in [2.24, 2.45) is 0 Å². The van der Waals surface area contributed by atoms with Crippen molar-refractivity contribution >= 4 is 0 Å². The van der Waals surface area contributed by atoms with E-state index in [1.54, 1.807) is 0 Å². The molecule has 1 aromatic rings. The number of aliphatic hydroxyl groups is 2. The van der Waals surface area contributed by atoms with Crippen molar-refractivity contribution in [2.75, 3.05) is 20.2 Å². The molecule has 4 nitrogen and oxygen atoms in total. The van der Waals surface area contributed by atoms with E-state index >= 15 is 0 Å². The summed E-state index contributed by atoms with van der Waals surface area (Å²) in [6.07, 6.45) is -0.681. The summed E-state index contributed by atoms with van der Waals surface area (Å²) < 4.78 is 0. The largest absolute Gasteiger partial charge is 0.394 e. The van der Waals surface area contributed by atoms with Crippen molar-refractivity contribution in [1.82, 2.24) is 9.88 Å². The highest BCUT2D eigenvalue weighted by Gasteiger charge is 2.07. The first kappa shape index (κ1) is 12.1. The summed E-state index contributed by atoms with van der Waals surface area (Å²) in [4.78, 5) is 6.29. The second-order valence-electron chi connectivity index (χ2n) is 3.80. The zero-order valence-corrected chi connectivity index (χ0v) is 9.22. The Kier molecular flexibility index (Phi) is 4.68. The molecule has 15 heavy (non-hydrogen) atoms. The minimum atomic E-state index is -0.681. The average Bonchev–Trinajstić information content (AvgIpc) is 2.17. The minimum absolute atomic E-state index is 0.203. The van der Waals surface area contributed by atoms with Crippen LogP contribution in [0.25, 0.3) is 0 Å². The molecule has 4 heteroatoms. The van der Waals surface area contributed by atoms with Crippen molar-refractivity contribution in [1.29, 1.82) is 0 Å². The van der Waals surface area contributed by atoms with Gasteiger partial charge in [-0.25, -0.2) is 0 Å². The zero-order valence-electron chi connectivity index (χ0n) is 9.22. The van der Waals surface area contributed by atoms with E-state index in [9.17, 15) is 5.11 Å². The lowest BCUT2D eigenvalue weighted by atomic mass is 10.3. The molecule has 0 saturated carbocycles. The molecule has 0 radical (unpaired) electrons. The predicted molar refractivity (Wildman–Crippen MR) is 58.4 cm³/mol. The van der Waals surface area contributed by atoms with Gasteiger partial charge in [-0.3, -0.25) is 9.88 Å². The van der Waals surface area contributed by atoms with E-state index in [-0.39, 0.29) is 6.61 Å². The molecule has 0 amide bonds. The van der Waals surface area contributed by atoms with Gasteiger partial charge in [0.05, 0.1) is 18.4 Å². The first-order chi connectivity index (χ1) is 7.11. The van der Waals surface area contributed by atoms with E-state index in [1.807, 2.05) is 37.1 Å². The molecule has 0 aliphatic carbocycles. The van der Waals surface area contributed by atoms with Gasteiger partial charge in [0.2, 0.25) is 0 Å². The Balaban J connectivity index is 2.47. The van der Waals surface area contributed by atoms with Gasteiger partial charge in [-0.05, 0) is 26.1 Å². The minimum Gasteiger partial charge on any atom is -0.394 e. The number of aromatic nitrogens is 1. The van der Waals surface area contributed by atoms with Crippen molar-refractivity contribution in [3.05, 3.63) is 29.6 Å². The predicted octanol–water partition coefficient (Wildman–Crippen LogP) is 0.175. The molecule has 2 N–H and O–H groups in total. The number of aliphatic hydroxyl groups excluding tert-OH is 2. The third-order valence-electron chi connectivity index (χ3n) is 2.11. The van der Waals surface area contributed by atoms with Crippen molar-refractivity contribution < 1.29 is 10.2 Å². The highest BCUT2D eigenvalue weighted by molar-refractivity contribution is 5.09. The van der Waals surface area contributed by atoms with Crippen LogP contribution in [0, 0.1) is 6.92 Å². The third-order valence-corrected chi connectivity index (χ3v) is 2.11. The highest BCUT2D eigenvalue weighted by atomic mass is 16.3. The number of likely N-dealkylation sites (N-methyl/N-ethyl adjacent to an activating group) is 1. The summed E-state index contributed by atoms with van der Waals surface area (Å²) in [5.41, 5.74) is 1.96. The molecule has 0 aromatic carbocycles. The standard InChI is InChI=1S/C11H18N2O2/c1-9-4-3-5-10(12-9)6-13(2)7-11(15)8-14/h3-5,11,14-15H,6-8H2,1-2H3. The molecule has 1 atom stereocenters. The van der Waals surface area contributed by atoms with Crippen LogP contribution in [0.1, 0.15) is 11.4 Å². The van der Waals surface area contributed by atoms with Crippen molar-refractivity contribution in [3.63, 3.8) is 0 Å². The van der Waals surface area contributed by atoms with Crippen LogP contribution in [0.15, 0.2) is 18.2 Å². The Morgan fingerprint density at radius 1 is 1.47 bits per heavy atom. The maximum atomic E-state index is 9.25. The van der Waals surface area contributed by atoms with Gasteiger partial charge in [0.15, 0.2) is 0 Å².